The molecule has 2 heterocycles. The average molecular weight is 404 g/mol. The normalized spacial score (nSPS) is 13.4. The predicted octanol–water partition coefficient (Wildman–Crippen LogP) is 4.00. The van der Waals surface area contributed by atoms with E-state index in [9.17, 15) is 4.79 Å². The highest BCUT2D eigenvalue weighted by Crippen LogP contribution is 2.35. The molecular formula is C18H15Cl2N5O2. The van der Waals surface area contributed by atoms with E-state index in [1.165, 1.54) is 0 Å². The highest BCUT2D eigenvalue weighted by Gasteiger charge is 2.29. The van der Waals surface area contributed by atoms with E-state index >= 15 is 0 Å². The number of fused-ring (bicyclic) bond motifs is 1. The molecule has 0 atom stereocenters. The number of carbonyl (C=O) groups is 1. The van der Waals surface area contributed by atoms with Gasteiger partial charge < -0.3 is 14.5 Å². The van der Waals surface area contributed by atoms with Crippen LogP contribution in [0.25, 0.3) is 0 Å². The van der Waals surface area contributed by atoms with Gasteiger partial charge in [-0.05, 0) is 24.3 Å². The molecule has 1 amide bonds. The van der Waals surface area contributed by atoms with Crippen LogP contribution in [-0.4, -0.2) is 41.5 Å². The fourth-order valence-corrected chi connectivity index (χ4v) is 3.26. The van der Waals surface area contributed by atoms with Crippen molar-refractivity contribution in [1.29, 1.82) is 0 Å². The maximum atomic E-state index is 13.2. The van der Waals surface area contributed by atoms with E-state index in [4.69, 9.17) is 27.9 Å². The number of H-pyrrole nitrogens is 1. The van der Waals surface area contributed by atoms with E-state index in [0.717, 1.165) is 11.4 Å². The van der Waals surface area contributed by atoms with Crippen LogP contribution in [0.3, 0.4) is 0 Å². The summed E-state index contributed by atoms with van der Waals surface area (Å²) >= 11 is 12.1. The van der Waals surface area contributed by atoms with Crippen LogP contribution in [-0.2, 0) is 0 Å². The van der Waals surface area contributed by atoms with E-state index in [2.05, 4.69) is 20.3 Å². The van der Waals surface area contributed by atoms with Crippen LogP contribution in [0.4, 0.5) is 11.4 Å². The molecular weight excluding hydrogens is 389 g/mol. The Hall–Kier alpha value is -2.77. The smallest absolute Gasteiger partial charge is 0.282 e. The molecule has 9 heteroatoms. The third-order valence-corrected chi connectivity index (χ3v) is 4.87. The quantitative estimate of drug-likeness (QED) is 0.714. The summed E-state index contributed by atoms with van der Waals surface area (Å²) in [5, 5.41) is 11.0. The Kier molecular flexibility index (Phi) is 4.63. The zero-order valence-corrected chi connectivity index (χ0v) is 15.8. The van der Waals surface area contributed by atoms with Crippen molar-refractivity contribution in [2.45, 2.75) is 0 Å². The standard InChI is InChI=1S/C18H15Cl2N5O2/c1-24-8-9-25(14-5-3-2-4-13(14)24)18(26)16-17(22-23-21-16)27-15-10-11(19)6-7-12(15)20/h2-7,10H,8-9H2,1H3,(H,21,22,23). The van der Waals surface area contributed by atoms with E-state index in [1.54, 1.807) is 23.1 Å². The van der Waals surface area contributed by atoms with Gasteiger partial charge in [-0.25, -0.2) is 5.10 Å². The molecule has 0 radical (unpaired) electrons. The maximum Gasteiger partial charge on any atom is 0.282 e. The number of para-hydroxylation sites is 2. The number of likely N-dealkylation sites (N-methyl/N-ethyl adjacent to an activating group) is 1. The fraction of sp³-hybridized carbons (Fsp3) is 0.167. The number of hydrogen-bond acceptors (Lipinski definition) is 5. The van der Waals surface area contributed by atoms with Crippen LogP contribution in [0.5, 0.6) is 11.6 Å². The summed E-state index contributed by atoms with van der Waals surface area (Å²) in [5.41, 5.74) is 1.94. The lowest BCUT2D eigenvalue weighted by Gasteiger charge is -2.35. The van der Waals surface area contributed by atoms with Gasteiger partial charge in [-0.2, -0.15) is 0 Å². The van der Waals surface area contributed by atoms with Gasteiger partial charge in [0.25, 0.3) is 11.8 Å². The lowest BCUT2D eigenvalue weighted by Crippen LogP contribution is -2.42. The number of halogens is 2. The summed E-state index contributed by atoms with van der Waals surface area (Å²) in [6.45, 7) is 1.24. The van der Waals surface area contributed by atoms with Crippen LogP contribution < -0.4 is 14.5 Å². The molecule has 0 unspecified atom stereocenters. The van der Waals surface area contributed by atoms with Gasteiger partial charge in [-0.15, -0.1) is 0 Å². The molecule has 0 spiro atoms. The molecule has 138 valence electrons. The number of anilines is 2. The Labute approximate surface area is 165 Å². The van der Waals surface area contributed by atoms with Crippen molar-refractivity contribution < 1.29 is 9.53 Å². The largest absolute Gasteiger partial charge is 0.434 e. The third-order valence-electron chi connectivity index (χ3n) is 4.32. The molecule has 4 rings (SSSR count). The molecule has 0 saturated carbocycles. The van der Waals surface area contributed by atoms with Gasteiger partial charge in [0.2, 0.25) is 0 Å². The molecule has 3 aromatic rings. The molecule has 2 aromatic carbocycles. The first-order valence-electron chi connectivity index (χ1n) is 8.20. The molecule has 27 heavy (non-hydrogen) atoms. The Morgan fingerprint density at radius 2 is 1.93 bits per heavy atom. The highest BCUT2D eigenvalue weighted by atomic mass is 35.5. The number of nitrogens with one attached hydrogen (secondary N) is 1. The van der Waals surface area contributed by atoms with Gasteiger partial charge in [0, 0.05) is 31.2 Å². The number of benzene rings is 2. The Morgan fingerprint density at radius 3 is 2.74 bits per heavy atom. The highest BCUT2D eigenvalue weighted by molar-refractivity contribution is 6.34. The summed E-state index contributed by atoms with van der Waals surface area (Å²) < 4.78 is 5.70. The van der Waals surface area contributed by atoms with Gasteiger partial charge in [0.05, 0.1) is 16.4 Å². The van der Waals surface area contributed by atoms with E-state index in [1.807, 2.05) is 31.3 Å². The van der Waals surface area contributed by atoms with E-state index in [0.29, 0.717) is 28.9 Å². The minimum atomic E-state index is -0.284. The number of amides is 1. The molecule has 0 bridgehead atoms. The van der Waals surface area contributed by atoms with Crippen LogP contribution in [0.1, 0.15) is 10.5 Å². The number of hydrogen-bond donors (Lipinski definition) is 1. The molecule has 1 aliphatic rings. The molecule has 0 aliphatic carbocycles. The van der Waals surface area contributed by atoms with Crippen molar-refractivity contribution in [1.82, 2.24) is 15.4 Å². The van der Waals surface area contributed by atoms with E-state index < -0.39 is 0 Å². The second kappa shape index (κ2) is 7.09. The molecule has 1 N–H and O–H groups in total. The zero-order chi connectivity index (χ0) is 19.0. The van der Waals surface area contributed by atoms with Crippen molar-refractivity contribution in [2.24, 2.45) is 0 Å². The number of aromatic nitrogens is 3. The summed E-state index contributed by atoms with van der Waals surface area (Å²) in [6, 6.07) is 12.5. The monoisotopic (exact) mass is 403 g/mol. The van der Waals surface area contributed by atoms with Gasteiger partial charge in [-0.3, -0.25) is 4.79 Å². The van der Waals surface area contributed by atoms with Crippen LogP contribution in [0.2, 0.25) is 10.0 Å². The zero-order valence-electron chi connectivity index (χ0n) is 14.3. The van der Waals surface area contributed by atoms with Crippen molar-refractivity contribution in [3.05, 3.63) is 58.2 Å². The average Bonchev–Trinajstić information content (AvgIpc) is 3.13. The number of ether oxygens (including phenoxy) is 1. The predicted molar refractivity (Wildman–Crippen MR) is 104 cm³/mol. The Balaban J connectivity index is 1.66. The second-order valence-corrected chi connectivity index (χ2v) is 6.88. The second-order valence-electron chi connectivity index (χ2n) is 6.04. The molecule has 1 aromatic heterocycles. The van der Waals surface area contributed by atoms with Crippen molar-refractivity contribution in [2.75, 3.05) is 29.9 Å². The summed E-state index contributed by atoms with van der Waals surface area (Å²) in [5.74, 6) is 0.0557. The van der Waals surface area contributed by atoms with Gasteiger partial charge in [-0.1, -0.05) is 45.6 Å². The maximum absolute atomic E-state index is 13.2. The molecule has 7 nitrogen and oxygen atoms in total. The van der Waals surface area contributed by atoms with Crippen LogP contribution in [0, 0.1) is 0 Å². The number of carbonyl (C=O) groups excluding carboxylic acids is 1. The first-order chi connectivity index (χ1) is 13.0. The van der Waals surface area contributed by atoms with Gasteiger partial charge in [0.1, 0.15) is 5.75 Å². The van der Waals surface area contributed by atoms with Gasteiger partial charge >= 0.3 is 0 Å². The lowest BCUT2D eigenvalue weighted by molar-refractivity contribution is 0.0979. The Morgan fingerprint density at radius 1 is 1.15 bits per heavy atom. The number of aromatic amines is 1. The minimum absolute atomic E-state index is 0.0422. The minimum Gasteiger partial charge on any atom is -0.434 e. The summed E-state index contributed by atoms with van der Waals surface area (Å²) in [4.78, 5) is 16.9. The molecule has 0 saturated heterocycles. The third kappa shape index (κ3) is 3.31. The van der Waals surface area contributed by atoms with Crippen LogP contribution >= 0.6 is 23.2 Å². The fourth-order valence-electron chi connectivity index (χ4n) is 2.94. The van der Waals surface area contributed by atoms with Crippen molar-refractivity contribution >= 4 is 40.5 Å². The van der Waals surface area contributed by atoms with Crippen LogP contribution in [0.15, 0.2) is 42.5 Å². The summed E-state index contributed by atoms with van der Waals surface area (Å²) in [6.07, 6.45) is 0. The van der Waals surface area contributed by atoms with Gasteiger partial charge in [0.15, 0.2) is 5.69 Å². The first-order valence-corrected chi connectivity index (χ1v) is 8.96. The topological polar surface area (TPSA) is 74.4 Å². The molecule has 1 aliphatic heterocycles. The Bertz CT molecular complexity index is 1010. The summed E-state index contributed by atoms with van der Waals surface area (Å²) in [7, 11) is 1.99. The van der Waals surface area contributed by atoms with Crippen molar-refractivity contribution in [3.8, 4) is 11.6 Å². The SMILES string of the molecule is CN1CCN(C(=O)c2[nH]nnc2Oc2cc(Cl)ccc2Cl)c2ccccc21. The number of rotatable bonds is 3. The first kappa shape index (κ1) is 17.6. The number of nitrogens with zero attached hydrogens (tertiary/aromatic N) is 4. The molecule has 0 fully saturated rings. The van der Waals surface area contributed by atoms with E-state index in [-0.39, 0.29) is 17.5 Å². The lowest BCUT2D eigenvalue weighted by atomic mass is 10.1. The van der Waals surface area contributed by atoms with Crippen molar-refractivity contribution in [3.63, 3.8) is 0 Å².